The molecule has 20 heavy (non-hydrogen) atoms. The van der Waals surface area contributed by atoms with Crippen LogP contribution in [0.1, 0.15) is 10.4 Å². The van der Waals surface area contributed by atoms with E-state index in [1.165, 1.54) is 12.3 Å². The van der Waals surface area contributed by atoms with Gasteiger partial charge in [-0.2, -0.15) is 0 Å². The lowest BCUT2D eigenvalue weighted by molar-refractivity contribution is 0.0746. The van der Waals surface area contributed by atoms with Gasteiger partial charge in [-0.15, -0.1) is 11.3 Å². The maximum atomic E-state index is 12.3. The maximum Gasteiger partial charge on any atom is 0.255 e. The molecule has 2 aromatic rings. The Morgan fingerprint density at radius 2 is 2.05 bits per heavy atom. The van der Waals surface area contributed by atoms with Gasteiger partial charge in [0, 0.05) is 50.0 Å². The number of hydrogen-bond donors (Lipinski definition) is 1. The third kappa shape index (κ3) is 2.57. The lowest BCUT2D eigenvalue weighted by atomic mass is 10.2. The zero-order valence-corrected chi connectivity index (χ0v) is 11.6. The molecule has 0 saturated carbocycles. The van der Waals surface area contributed by atoms with Crippen molar-refractivity contribution in [2.75, 3.05) is 31.1 Å². The van der Waals surface area contributed by atoms with Gasteiger partial charge in [-0.3, -0.25) is 9.59 Å². The zero-order valence-electron chi connectivity index (χ0n) is 10.8. The molecule has 0 unspecified atom stereocenters. The number of rotatable bonds is 2. The third-order valence-electron chi connectivity index (χ3n) is 3.29. The van der Waals surface area contributed by atoms with Gasteiger partial charge in [0.25, 0.3) is 5.91 Å². The van der Waals surface area contributed by atoms with Gasteiger partial charge in [0.05, 0.1) is 5.56 Å². The van der Waals surface area contributed by atoms with Crippen molar-refractivity contribution >= 4 is 22.4 Å². The lowest BCUT2D eigenvalue weighted by Gasteiger charge is -2.34. The number of carbonyl (C=O) groups excluding carboxylic acids is 1. The first-order chi connectivity index (χ1) is 9.74. The number of carbonyl (C=O) groups is 1. The molecule has 0 bridgehead atoms. The lowest BCUT2D eigenvalue weighted by Crippen LogP contribution is -2.48. The summed E-state index contributed by atoms with van der Waals surface area (Å²) in [6.07, 6.45) is 3.26. The largest absolute Gasteiger partial charge is 0.345 e. The summed E-state index contributed by atoms with van der Waals surface area (Å²) in [5.74, 6) is -0.0416. The Balaban J connectivity index is 1.64. The molecule has 7 heteroatoms. The fraction of sp³-hybridized carbons (Fsp3) is 0.308. The van der Waals surface area contributed by atoms with Gasteiger partial charge in [-0.1, -0.05) is 0 Å². The van der Waals surface area contributed by atoms with Gasteiger partial charge in [0.2, 0.25) is 5.56 Å². The number of aromatic nitrogens is 2. The second-order valence-electron chi connectivity index (χ2n) is 4.54. The quantitative estimate of drug-likeness (QED) is 0.888. The fourth-order valence-electron chi connectivity index (χ4n) is 2.20. The van der Waals surface area contributed by atoms with E-state index in [1.807, 2.05) is 5.38 Å². The number of pyridine rings is 1. The van der Waals surface area contributed by atoms with Crippen LogP contribution in [-0.2, 0) is 0 Å². The molecule has 104 valence electrons. The minimum atomic E-state index is -0.199. The number of H-pyrrole nitrogens is 1. The molecule has 1 amide bonds. The monoisotopic (exact) mass is 290 g/mol. The highest BCUT2D eigenvalue weighted by atomic mass is 32.1. The molecule has 0 radical (unpaired) electrons. The van der Waals surface area contributed by atoms with Crippen LogP contribution in [0.2, 0.25) is 0 Å². The van der Waals surface area contributed by atoms with E-state index in [4.69, 9.17) is 0 Å². The Morgan fingerprint density at radius 1 is 1.25 bits per heavy atom. The maximum absolute atomic E-state index is 12.3. The summed E-state index contributed by atoms with van der Waals surface area (Å²) in [5, 5.41) is 2.95. The van der Waals surface area contributed by atoms with Crippen LogP contribution in [0.15, 0.2) is 34.7 Å². The highest BCUT2D eigenvalue weighted by Gasteiger charge is 2.23. The Bertz CT molecular complexity index is 624. The number of amides is 1. The summed E-state index contributed by atoms with van der Waals surface area (Å²) in [4.78, 5) is 34.1. The molecule has 1 N–H and O–H groups in total. The summed E-state index contributed by atoms with van der Waals surface area (Å²) >= 11 is 1.61. The molecule has 6 nitrogen and oxygen atoms in total. The van der Waals surface area contributed by atoms with Crippen molar-refractivity contribution in [2.24, 2.45) is 0 Å². The Hall–Kier alpha value is -2.15. The molecule has 1 aliphatic rings. The molecular weight excluding hydrogens is 276 g/mol. The first-order valence-corrected chi connectivity index (χ1v) is 7.24. The smallest absolute Gasteiger partial charge is 0.255 e. The number of aromatic amines is 1. The molecule has 1 saturated heterocycles. The van der Waals surface area contributed by atoms with Crippen LogP contribution < -0.4 is 10.5 Å². The Labute approximate surface area is 119 Å². The first-order valence-electron chi connectivity index (χ1n) is 6.36. The van der Waals surface area contributed by atoms with Gasteiger partial charge < -0.3 is 14.8 Å². The molecule has 3 heterocycles. The Kier molecular flexibility index (Phi) is 3.51. The SMILES string of the molecule is O=C(c1ccc(=O)[nH]c1)N1CCN(c2nccs2)CC1. The predicted octanol–water partition coefficient (Wildman–Crippen LogP) is 0.794. The topological polar surface area (TPSA) is 69.3 Å². The minimum absolute atomic E-state index is 0.0416. The molecule has 2 aromatic heterocycles. The average Bonchev–Trinajstić information content (AvgIpc) is 3.02. The van der Waals surface area contributed by atoms with Crippen molar-refractivity contribution in [1.82, 2.24) is 14.9 Å². The number of anilines is 1. The van der Waals surface area contributed by atoms with Crippen LogP contribution >= 0.6 is 11.3 Å². The van der Waals surface area contributed by atoms with Gasteiger partial charge in [-0.25, -0.2) is 4.98 Å². The van der Waals surface area contributed by atoms with Crippen molar-refractivity contribution in [3.63, 3.8) is 0 Å². The van der Waals surface area contributed by atoms with E-state index in [2.05, 4.69) is 14.9 Å². The van der Waals surface area contributed by atoms with Crippen LogP contribution in [0.4, 0.5) is 5.13 Å². The van der Waals surface area contributed by atoms with Gasteiger partial charge in [0.1, 0.15) is 0 Å². The van der Waals surface area contributed by atoms with E-state index in [0.29, 0.717) is 18.7 Å². The number of nitrogens with one attached hydrogen (secondary N) is 1. The average molecular weight is 290 g/mol. The van der Waals surface area contributed by atoms with Crippen molar-refractivity contribution in [3.05, 3.63) is 45.8 Å². The fourth-order valence-corrected chi connectivity index (χ4v) is 2.90. The van der Waals surface area contributed by atoms with Crippen molar-refractivity contribution in [1.29, 1.82) is 0 Å². The van der Waals surface area contributed by atoms with Crippen LogP contribution in [-0.4, -0.2) is 47.0 Å². The first kappa shape index (κ1) is 12.9. The van der Waals surface area contributed by atoms with Crippen LogP contribution in [0.5, 0.6) is 0 Å². The van der Waals surface area contributed by atoms with Crippen LogP contribution in [0.25, 0.3) is 0 Å². The predicted molar refractivity (Wildman–Crippen MR) is 77.3 cm³/mol. The molecule has 0 atom stereocenters. The molecule has 0 aromatic carbocycles. The van der Waals surface area contributed by atoms with E-state index < -0.39 is 0 Å². The second kappa shape index (κ2) is 5.46. The normalized spacial score (nSPS) is 15.4. The van der Waals surface area contributed by atoms with Crippen molar-refractivity contribution in [3.8, 4) is 0 Å². The van der Waals surface area contributed by atoms with E-state index >= 15 is 0 Å². The van der Waals surface area contributed by atoms with Crippen molar-refractivity contribution in [2.45, 2.75) is 0 Å². The molecule has 1 aliphatic heterocycles. The van der Waals surface area contributed by atoms with E-state index in [1.54, 1.807) is 28.5 Å². The molecule has 3 rings (SSSR count). The number of piperazine rings is 1. The van der Waals surface area contributed by atoms with E-state index in [0.717, 1.165) is 18.2 Å². The molecule has 0 aliphatic carbocycles. The van der Waals surface area contributed by atoms with Crippen molar-refractivity contribution < 1.29 is 4.79 Å². The highest BCUT2D eigenvalue weighted by Crippen LogP contribution is 2.19. The number of nitrogens with zero attached hydrogens (tertiary/aromatic N) is 3. The summed E-state index contributed by atoms with van der Waals surface area (Å²) in [6.45, 7) is 2.89. The van der Waals surface area contributed by atoms with Crippen LogP contribution in [0.3, 0.4) is 0 Å². The summed E-state index contributed by atoms with van der Waals surface area (Å²) in [5.41, 5.74) is 0.322. The standard InChI is InChI=1S/C13H14N4O2S/c18-11-2-1-10(9-15-11)12(19)16-4-6-17(7-5-16)13-14-3-8-20-13/h1-3,8-9H,4-7H2,(H,15,18). The van der Waals surface area contributed by atoms with Gasteiger partial charge in [0.15, 0.2) is 5.13 Å². The number of hydrogen-bond acceptors (Lipinski definition) is 5. The highest BCUT2D eigenvalue weighted by molar-refractivity contribution is 7.13. The molecule has 0 spiro atoms. The van der Waals surface area contributed by atoms with E-state index in [-0.39, 0.29) is 11.5 Å². The Morgan fingerprint density at radius 3 is 2.65 bits per heavy atom. The summed E-state index contributed by atoms with van der Waals surface area (Å²) in [6, 6.07) is 2.94. The summed E-state index contributed by atoms with van der Waals surface area (Å²) < 4.78 is 0. The van der Waals surface area contributed by atoms with E-state index in [9.17, 15) is 9.59 Å². The third-order valence-corrected chi connectivity index (χ3v) is 4.12. The zero-order chi connectivity index (χ0) is 13.9. The molecular formula is C13H14N4O2S. The van der Waals surface area contributed by atoms with Gasteiger partial charge >= 0.3 is 0 Å². The second-order valence-corrected chi connectivity index (χ2v) is 5.41. The van der Waals surface area contributed by atoms with Crippen LogP contribution in [0, 0.1) is 0 Å². The minimum Gasteiger partial charge on any atom is -0.345 e. The number of thiazole rings is 1. The molecule has 1 fully saturated rings. The van der Waals surface area contributed by atoms with Gasteiger partial charge in [-0.05, 0) is 6.07 Å². The summed E-state index contributed by atoms with van der Waals surface area (Å²) in [7, 11) is 0.